The molecule has 4 rings (SSSR count). The van der Waals surface area contributed by atoms with Crippen LogP contribution < -0.4 is 5.01 Å². The van der Waals surface area contributed by atoms with Crippen LogP contribution in [-0.4, -0.2) is 22.4 Å². The Morgan fingerprint density at radius 1 is 1.08 bits per heavy atom. The Balaban J connectivity index is 1.82. The Morgan fingerprint density at radius 2 is 1.79 bits per heavy atom. The summed E-state index contributed by atoms with van der Waals surface area (Å²) in [6.45, 7) is 1.42. The Hall–Kier alpha value is -2.86. The summed E-state index contributed by atoms with van der Waals surface area (Å²) in [7, 11) is 0. The van der Waals surface area contributed by atoms with Gasteiger partial charge in [-0.1, -0.05) is 53.8 Å². The molecule has 1 aromatic heterocycles. The van der Waals surface area contributed by atoms with Crippen LogP contribution >= 0.6 is 11.3 Å². The Morgan fingerprint density at radius 3 is 2.50 bits per heavy atom. The normalized spacial score (nSPS) is 17.4. The lowest BCUT2D eigenvalue weighted by atomic mass is 9.94. The van der Waals surface area contributed by atoms with E-state index in [-0.39, 0.29) is 11.7 Å². The van der Waals surface area contributed by atoms with Gasteiger partial charge in [-0.2, -0.15) is 10.1 Å². The largest absolute Gasteiger partial charge is 0.299 e. The molecule has 24 heavy (non-hydrogen) atoms. The molecular formula is C18H13N3O2S. The van der Waals surface area contributed by atoms with Crippen LogP contribution in [0.1, 0.15) is 12.5 Å². The van der Waals surface area contributed by atoms with Gasteiger partial charge in [0.2, 0.25) is 5.13 Å². The van der Waals surface area contributed by atoms with Gasteiger partial charge in [-0.25, -0.2) is 4.98 Å². The first kappa shape index (κ1) is 14.7. The quantitative estimate of drug-likeness (QED) is 0.690. The standard InChI is InChI=1S/C18H13N3O2S/c1-11(22)15-16(12-7-3-2-4-8-12)20-21(17(15)23)18-19-13-9-5-6-10-14(13)24-18/h2-10,15H,1H3. The second-order valence-corrected chi connectivity index (χ2v) is 6.52. The Kier molecular flexibility index (Phi) is 3.46. The van der Waals surface area contributed by atoms with Crippen LogP contribution in [0, 0.1) is 5.92 Å². The number of thiazole rings is 1. The van der Waals surface area contributed by atoms with Gasteiger partial charge in [0.25, 0.3) is 5.91 Å². The van der Waals surface area contributed by atoms with E-state index >= 15 is 0 Å². The van der Waals surface area contributed by atoms with Gasteiger partial charge in [-0.3, -0.25) is 9.59 Å². The summed E-state index contributed by atoms with van der Waals surface area (Å²) in [5.74, 6) is -1.44. The van der Waals surface area contributed by atoms with Crippen LogP contribution in [-0.2, 0) is 9.59 Å². The van der Waals surface area contributed by atoms with E-state index in [9.17, 15) is 9.59 Å². The monoisotopic (exact) mass is 335 g/mol. The molecule has 1 amide bonds. The maximum Gasteiger partial charge on any atom is 0.266 e. The van der Waals surface area contributed by atoms with Crippen molar-refractivity contribution in [2.45, 2.75) is 6.92 Å². The van der Waals surface area contributed by atoms with Gasteiger partial charge < -0.3 is 0 Å². The summed E-state index contributed by atoms with van der Waals surface area (Å²) in [5, 5.41) is 6.18. The lowest BCUT2D eigenvalue weighted by Crippen LogP contribution is -2.32. The van der Waals surface area contributed by atoms with Gasteiger partial charge >= 0.3 is 0 Å². The number of ketones is 1. The van der Waals surface area contributed by atoms with Gasteiger partial charge in [0.15, 0.2) is 0 Å². The molecule has 1 atom stereocenters. The van der Waals surface area contributed by atoms with Gasteiger partial charge in [-0.15, -0.1) is 0 Å². The van der Waals surface area contributed by atoms with Crippen LogP contribution in [0.3, 0.4) is 0 Å². The highest BCUT2D eigenvalue weighted by molar-refractivity contribution is 7.22. The molecule has 0 bridgehead atoms. The summed E-state index contributed by atoms with van der Waals surface area (Å²) in [6.07, 6.45) is 0. The van der Waals surface area contributed by atoms with E-state index in [1.54, 1.807) is 0 Å². The maximum absolute atomic E-state index is 12.8. The molecule has 0 spiro atoms. The van der Waals surface area contributed by atoms with E-state index in [0.717, 1.165) is 15.8 Å². The highest BCUT2D eigenvalue weighted by Crippen LogP contribution is 2.33. The zero-order valence-corrected chi connectivity index (χ0v) is 13.7. The van der Waals surface area contributed by atoms with E-state index in [2.05, 4.69) is 10.1 Å². The molecule has 0 aliphatic carbocycles. The smallest absolute Gasteiger partial charge is 0.266 e. The highest BCUT2D eigenvalue weighted by Gasteiger charge is 2.41. The molecule has 1 aliphatic heterocycles. The number of rotatable bonds is 3. The van der Waals surface area contributed by atoms with Gasteiger partial charge in [-0.05, 0) is 24.6 Å². The summed E-state index contributed by atoms with van der Waals surface area (Å²) >= 11 is 1.38. The molecular weight excluding hydrogens is 322 g/mol. The van der Waals surface area contributed by atoms with Crippen molar-refractivity contribution in [1.29, 1.82) is 0 Å². The van der Waals surface area contributed by atoms with Crippen molar-refractivity contribution in [2.24, 2.45) is 11.0 Å². The first-order valence-electron chi connectivity index (χ1n) is 7.49. The molecule has 2 heterocycles. The Bertz CT molecular complexity index is 945. The number of amides is 1. The maximum atomic E-state index is 12.8. The molecule has 1 unspecified atom stereocenters. The molecule has 5 nitrogen and oxygen atoms in total. The second kappa shape index (κ2) is 5.65. The third-order valence-corrected chi connectivity index (χ3v) is 4.89. The van der Waals surface area contributed by atoms with Crippen molar-refractivity contribution in [3.05, 3.63) is 60.2 Å². The van der Waals surface area contributed by atoms with Gasteiger partial charge in [0.1, 0.15) is 11.7 Å². The van der Waals surface area contributed by atoms with Crippen LogP contribution in [0.15, 0.2) is 59.7 Å². The number of Topliss-reactive ketones (excluding diaryl/α,β-unsaturated/α-hetero) is 1. The SMILES string of the molecule is CC(=O)C1C(=O)N(c2nc3ccccc3s2)N=C1c1ccccc1. The number of nitrogens with zero attached hydrogens (tertiary/aromatic N) is 3. The number of benzene rings is 2. The molecule has 6 heteroatoms. The van der Waals surface area contributed by atoms with Crippen molar-refractivity contribution in [3.63, 3.8) is 0 Å². The fourth-order valence-electron chi connectivity index (χ4n) is 2.74. The van der Waals surface area contributed by atoms with Gasteiger partial charge in [0.05, 0.1) is 15.9 Å². The average molecular weight is 335 g/mol. The lowest BCUT2D eigenvalue weighted by molar-refractivity contribution is -0.127. The fourth-order valence-corrected chi connectivity index (χ4v) is 3.66. The zero-order valence-electron chi connectivity index (χ0n) is 12.8. The minimum absolute atomic E-state index is 0.216. The number of fused-ring (bicyclic) bond motifs is 1. The summed E-state index contributed by atoms with van der Waals surface area (Å²) in [5.41, 5.74) is 2.06. The molecule has 1 aliphatic rings. The van der Waals surface area contributed by atoms with Crippen molar-refractivity contribution < 1.29 is 9.59 Å². The van der Waals surface area contributed by atoms with Crippen LogP contribution in [0.5, 0.6) is 0 Å². The minimum Gasteiger partial charge on any atom is -0.299 e. The number of hydrogen-bond acceptors (Lipinski definition) is 5. The minimum atomic E-state index is -0.876. The number of anilines is 1. The van der Waals surface area contributed by atoms with Crippen molar-refractivity contribution in [3.8, 4) is 0 Å². The van der Waals surface area contributed by atoms with Crippen LogP contribution in [0.4, 0.5) is 5.13 Å². The van der Waals surface area contributed by atoms with Gasteiger partial charge in [0, 0.05) is 0 Å². The number of carbonyl (C=O) groups excluding carboxylic acids is 2. The summed E-state index contributed by atoms with van der Waals surface area (Å²) in [6, 6.07) is 17.0. The molecule has 0 radical (unpaired) electrons. The topological polar surface area (TPSA) is 62.6 Å². The first-order valence-corrected chi connectivity index (χ1v) is 8.31. The van der Waals surface area contributed by atoms with E-state index in [4.69, 9.17) is 0 Å². The van der Waals surface area contributed by atoms with Crippen molar-refractivity contribution in [2.75, 3.05) is 5.01 Å². The van der Waals surface area contributed by atoms with E-state index < -0.39 is 5.92 Å². The molecule has 2 aromatic carbocycles. The molecule has 0 saturated heterocycles. The average Bonchev–Trinajstić information content (AvgIpc) is 3.16. The second-order valence-electron chi connectivity index (χ2n) is 5.51. The van der Waals surface area contributed by atoms with E-state index in [1.807, 2.05) is 54.6 Å². The van der Waals surface area contributed by atoms with Crippen molar-refractivity contribution >= 4 is 44.1 Å². The molecule has 118 valence electrons. The predicted octanol–water partition coefficient (Wildman–Crippen LogP) is 3.25. The zero-order chi connectivity index (χ0) is 16.7. The van der Waals surface area contributed by atoms with Crippen LogP contribution in [0.2, 0.25) is 0 Å². The lowest BCUT2D eigenvalue weighted by Gasteiger charge is -2.09. The molecule has 0 saturated carbocycles. The molecule has 3 aromatic rings. The number of para-hydroxylation sites is 1. The predicted molar refractivity (Wildman–Crippen MR) is 94.3 cm³/mol. The number of hydrazone groups is 1. The first-order chi connectivity index (χ1) is 11.6. The summed E-state index contributed by atoms with van der Waals surface area (Å²) < 4.78 is 0.975. The number of aromatic nitrogens is 1. The summed E-state index contributed by atoms with van der Waals surface area (Å²) in [4.78, 5) is 29.3. The number of carbonyl (C=O) groups is 2. The van der Waals surface area contributed by atoms with Crippen molar-refractivity contribution in [1.82, 2.24) is 4.98 Å². The fraction of sp³-hybridized carbons (Fsp3) is 0.111. The third-order valence-electron chi connectivity index (χ3n) is 3.88. The molecule has 0 fully saturated rings. The highest BCUT2D eigenvalue weighted by atomic mass is 32.1. The molecule has 0 N–H and O–H groups in total. The third kappa shape index (κ3) is 2.32. The van der Waals surface area contributed by atoms with E-state index in [1.165, 1.54) is 23.3 Å². The van der Waals surface area contributed by atoms with Crippen LogP contribution in [0.25, 0.3) is 10.2 Å². The number of hydrogen-bond donors (Lipinski definition) is 0. The Labute approximate surface area is 142 Å². The van der Waals surface area contributed by atoms with E-state index in [0.29, 0.717) is 10.8 Å².